The van der Waals surface area contributed by atoms with Crippen molar-refractivity contribution in [1.29, 1.82) is 0 Å². The molecule has 2 unspecified atom stereocenters. The van der Waals surface area contributed by atoms with Crippen LogP contribution in [0, 0.1) is 19.8 Å². The number of aryl methyl sites for hydroxylation is 1. The van der Waals surface area contributed by atoms with Gasteiger partial charge in [0.05, 0.1) is 17.4 Å². The zero-order valence-corrected chi connectivity index (χ0v) is 17.1. The number of fused-ring (bicyclic) bond motifs is 1. The number of hydrazine groups is 1. The average molecular weight is 410 g/mol. The Morgan fingerprint density at radius 1 is 1.21 bits per heavy atom. The maximum Gasteiger partial charge on any atom is 0.241 e. The van der Waals surface area contributed by atoms with Gasteiger partial charge in [0.15, 0.2) is 5.17 Å². The second kappa shape index (κ2) is 8.36. The summed E-state index contributed by atoms with van der Waals surface area (Å²) in [5, 5.41) is 3.48. The van der Waals surface area contributed by atoms with Crippen LogP contribution < -0.4 is 21.1 Å². The molecule has 2 aliphatic rings. The van der Waals surface area contributed by atoms with Gasteiger partial charge in [-0.1, -0.05) is 42.1 Å². The van der Waals surface area contributed by atoms with Crippen LogP contribution in [0.4, 0.5) is 11.4 Å². The summed E-state index contributed by atoms with van der Waals surface area (Å²) in [6.07, 6.45) is -0.313. The molecule has 2 atom stereocenters. The van der Waals surface area contributed by atoms with Crippen LogP contribution >= 0.6 is 11.8 Å². The van der Waals surface area contributed by atoms with Gasteiger partial charge in [0.1, 0.15) is 6.17 Å². The lowest BCUT2D eigenvalue weighted by atomic mass is 10.1. The van der Waals surface area contributed by atoms with Gasteiger partial charge in [-0.2, -0.15) is 0 Å². The van der Waals surface area contributed by atoms with Crippen LogP contribution in [-0.4, -0.2) is 35.4 Å². The molecule has 2 amide bonds. The van der Waals surface area contributed by atoms with E-state index in [0.717, 1.165) is 22.5 Å². The highest BCUT2D eigenvalue weighted by Crippen LogP contribution is 2.29. The van der Waals surface area contributed by atoms with Crippen molar-refractivity contribution in [3.63, 3.8) is 0 Å². The third-order valence-electron chi connectivity index (χ3n) is 5.16. The van der Waals surface area contributed by atoms with Crippen molar-refractivity contribution in [2.75, 3.05) is 22.5 Å². The van der Waals surface area contributed by atoms with Crippen LogP contribution in [0.15, 0.2) is 53.5 Å². The maximum absolute atomic E-state index is 13.1. The largest absolute Gasteiger partial charge is 0.325 e. The summed E-state index contributed by atoms with van der Waals surface area (Å²) >= 11 is 1.27. The van der Waals surface area contributed by atoms with Crippen molar-refractivity contribution in [2.24, 2.45) is 10.9 Å². The number of aliphatic imine (C=N–C) groups is 1. The number of nitrogens with one attached hydrogen (secondary N) is 3. The van der Waals surface area contributed by atoms with Crippen LogP contribution in [-0.2, 0) is 9.59 Å². The Labute approximate surface area is 173 Å². The van der Waals surface area contributed by atoms with E-state index in [4.69, 9.17) is 4.99 Å². The van der Waals surface area contributed by atoms with Gasteiger partial charge in [-0.25, -0.2) is 10.4 Å². The van der Waals surface area contributed by atoms with E-state index in [1.165, 1.54) is 11.8 Å². The molecule has 2 heterocycles. The minimum Gasteiger partial charge on any atom is -0.325 e. The molecule has 3 N–H and O–H groups in total. The normalized spacial score (nSPS) is 21.0. The smallest absolute Gasteiger partial charge is 0.241 e. The first-order valence-electron chi connectivity index (χ1n) is 9.48. The minimum atomic E-state index is -0.313. The standard InChI is InChI=1S/C21H23N5O2S/c1-13-7-6-10-17(14(13)2)23-18(27)12-29-21-24-19-16(11-22-25-19)20(28)26(21)15-8-4-3-5-9-15/h3-10,16,19,22,25H,11-12H2,1-2H3,(H,23,27). The number of thioether (sulfide) groups is 1. The molecule has 1 saturated heterocycles. The Kier molecular flexibility index (Phi) is 5.66. The molecule has 1 fully saturated rings. The zero-order chi connectivity index (χ0) is 20.4. The first-order valence-corrected chi connectivity index (χ1v) is 10.5. The topological polar surface area (TPSA) is 85.8 Å². The van der Waals surface area contributed by atoms with Gasteiger partial charge in [0.2, 0.25) is 11.8 Å². The lowest BCUT2D eigenvalue weighted by Gasteiger charge is -2.32. The van der Waals surface area contributed by atoms with Crippen LogP contribution in [0.1, 0.15) is 11.1 Å². The molecule has 0 radical (unpaired) electrons. The number of hydrogen-bond donors (Lipinski definition) is 3. The number of benzene rings is 2. The number of amides is 2. The Balaban J connectivity index is 1.51. The molecule has 2 aromatic rings. The molecular formula is C21H23N5O2S. The summed E-state index contributed by atoms with van der Waals surface area (Å²) in [6.45, 7) is 4.53. The van der Waals surface area contributed by atoms with Crippen molar-refractivity contribution in [1.82, 2.24) is 10.9 Å². The number of carbonyl (C=O) groups is 2. The van der Waals surface area contributed by atoms with E-state index >= 15 is 0 Å². The Morgan fingerprint density at radius 3 is 2.79 bits per heavy atom. The number of para-hydroxylation sites is 1. The molecule has 150 valence electrons. The van der Waals surface area contributed by atoms with E-state index < -0.39 is 0 Å². The van der Waals surface area contributed by atoms with Crippen LogP contribution in [0.5, 0.6) is 0 Å². The second-order valence-electron chi connectivity index (χ2n) is 7.08. The first kappa shape index (κ1) is 19.6. The number of anilines is 2. The Hall–Kier alpha value is -2.68. The van der Waals surface area contributed by atoms with Gasteiger partial charge < -0.3 is 5.32 Å². The molecule has 2 aromatic carbocycles. The van der Waals surface area contributed by atoms with Gasteiger partial charge in [0, 0.05) is 12.2 Å². The third kappa shape index (κ3) is 4.05. The fourth-order valence-corrected chi connectivity index (χ4v) is 4.23. The van der Waals surface area contributed by atoms with E-state index in [0.29, 0.717) is 11.7 Å². The van der Waals surface area contributed by atoms with Crippen molar-refractivity contribution >= 4 is 40.1 Å². The predicted molar refractivity (Wildman–Crippen MR) is 117 cm³/mol. The molecule has 29 heavy (non-hydrogen) atoms. The Morgan fingerprint density at radius 2 is 2.00 bits per heavy atom. The fraction of sp³-hybridized carbons (Fsp3) is 0.286. The van der Waals surface area contributed by atoms with Crippen LogP contribution in [0.2, 0.25) is 0 Å². The summed E-state index contributed by atoms with van der Waals surface area (Å²) in [5.74, 6) is -0.255. The number of carbonyl (C=O) groups excluding carboxylic acids is 2. The maximum atomic E-state index is 13.1. The summed E-state index contributed by atoms with van der Waals surface area (Å²) in [5.41, 5.74) is 9.77. The van der Waals surface area contributed by atoms with Gasteiger partial charge >= 0.3 is 0 Å². The van der Waals surface area contributed by atoms with E-state index in [9.17, 15) is 9.59 Å². The van der Waals surface area contributed by atoms with Crippen molar-refractivity contribution in [2.45, 2.75) is 20.0 Å². The van der Waals surface area contributed by atoms with Crippen LogP contribution in [0.3, 0.4) is 0 Å². The SMILES string of the molecule is Cc1cccc(NC(=O)CSC2=NC3NNCC3C(=O)N2c2ccccc2)c1C. The number of nitrogens with zero attached hydrogens (tertiary/aromatic N) is 2. The second-order valence-corrected chi connectivity index (χ2v) is 8.02. The highest BCUT2D eigenvalue weighted by atomic mass is 32.2. The molecule has 8 heteroatoms. The fourth-order valence-electron chi connectivity index (χ4n) is 3.39. The predicted octanol–water partition coefficient (Wildman–Crippen LogP) is 2.43. The quantitative estimate of drug-likeness (QED) is 0.722. The van der Waals surface area contributed by atoms with E-state index in [1.807, 2.05) is 62.4 Å². The molecule has 0 saturated carbocycles. The van der Waals surface area contributed by atoms with Gasteiger partial charge in [0.25, 0.3) is 0 Å². The monoisotopic (exact) mass is 409 g/mol. The van der Waals surface area contributed by atoms with Gasteiger partial charge in [-0.05, 0) is 43.2 Å². The molecule has 2 aliphatic heterocycles. The van der Waals surface area contributed by atoms with Crippen molar-refractivity contribution < 1.29 is 9.59 Å². The summed E-state index contributed by atoms with van der Waals surface area (Å²) < 4.78 is 0. The van der Waals surface area contributed by atoms with Gasteiger partial charge in [-0.3, -0.25) is 19.9 Å². The molecule has 0 aliphatic carbocycles. The van der Waals surface area contributed by atoms with Gasteiger partial charge in [-0.15, -0.1) is 0 Å². The molecule has 0 spiro atoms. The summed E-state index contributed by atoms with van der Waals surface area (Å²) in [7, 11) is 0. The lowest BCUT2D eigenvalue weighted by Crippen LogP contribution is -2.49. The molecule has 0 aromatic heterocycles. The highest BCUT2D eigenvalue weighted by molar-refractivity contribution is 8.14. The summed E-state index contributed by atoms with van der Waals surface area (Å²) in [6, 6.07) is 15.2. The molecule has 4 rings (SSSR count). The molecule has 7 nitrogen and oxygen atoms in total. The third-order valence-corrected chi connectivity index (χ3v) is 6.11. The van der Waals surface area contributed by atoms with E-state index in [-0.39, 0.29) is 29.7 Å². The highest BCUT2D eigenvalue weighted by Gasteiger charge is 2.42. The lowest BCUT2D eigenvalue weighted by molar-refractivity contribution is -0.121. The first-order chi connectivity index (χ1) is 14.0. The van der Waals surface area contributed by atoms with Crippen molar-refractivity contribution in [3.05, 3.63) is 59.7 Å². The average Bonchev–Trinajstić information content (AvgIpc) is 3.20. The van der Waals surface area contributed by atoms with E-state index in [1.54, 1.807) is 4.90 Å². The number of amidine groups is 1. The summed E-state index contributed by atoms with van der Waals surface area (Å²) in [4.78, 5) is 32.0. The Bertz CT molecular complexity index is 963. The van der Waals surface area contributed by atoms with E-state index in [2.05, 4.69) is 16.2 Å². The number of hydrogen-bond acceptors (Lipinski definition) is 6. The molecular weight excluding hydrogens is 386 g/mol. The molecule has 0 bridgehead atoms. The zero-order valence-electron chi connectivity index (χ0n) is 16.3. The minimum absolute atomic E-state index is 0.0221. The number of rotatable bonds is 4. The van der Waals surface area contributed by atoms with Crippen LogP contribution in [0.25, 0.3) is 0 Å². The van der Waals surface area contributed by atoms with Crippen molar-refractivity contribution in [3.8, 4) is 0 Å².